The third kappa shape index (κ3) is 3.18. The predicted molar refractivity (Wildman–Crippen MR) is 53.2 cm³/mol. The zero-order valence-corrected chi connectivity index (χ0v) is 8.99. The average molecular weight is 201 g/mol. The van der Waals surface area contributed by atoms with E-state index in [4.69, 9.17) is 9.47 Å². The highest BCUT2D eigenvalue weighted by atomic mass is 16.6. The summed E-state index contributed by atoms with van der Waals surface area (Å²) in [5, 5.41) is 0. The molecule has 1 saturated heterocycles. The number of hydrogen-bond donors (Lipinski definition) is 0. The summed E-state index contributed by atoms with van der Waals surface area (Å²) in [6.45, 7) is 3.82. The van der Waals surface area contributed by atoms with Gasteiger partial charge in [-0.3, -0.25) is 0 Å². The van der Waals surface area contributed by atoms with Crippen LogP contribution in [0.3, 0.4) is 0 Å². The minimum Gasteiger partial charge on any atom is -0.450 e. The van der Waals surface area contributed by atoms with Gasteiger partial charge in [0.25, 0.3) is 0 Å². The Hall–Kier alpha value is -0.770. The number of rotatable bonds is 2. The van der Waals surface area contributed by atoms with E-state index in [1.54, 1.807) is 11.9 Å². The van der Waals surface area contributed by atoms with Gasteiger partial charge in [-0.2, -0.15) is 0 Å². The van der Waals surface area contributed by atoms with E-state index in [0.29, 0.717) is 6.61 Å². The summed E-state index contributed by atoms with van der Waals surface area (Å²) in [5.41, 5.74) is 0. The molecule has 1 unspecified atom stereocenters. The van der Waals surface area contributed by atoms with Crippen LogP contribution in [0.15, 0.2) is 0 Å². The summed E-state index contributed by atoms with van der Waals surface area (Å²) >= 11 is 0. The van der Waals surface area contributed by atoms with E-state index < -0.39 is 0 Å². The van der Waals surface area contributed by atoms with Crippen molar-refractivity contribution in [2.75, 3.05) is 26.9 Å². The minimum absolute atomic E-state index is 0.223. The van der Waals surface area contributed by atoms with Crippen LogP contribution in [0, 0.1) is 0 Å². The topological polar surface area (TPSA) is 38.8 Å². The second-order valence-corrected chi connectivity index (χ2v) is 3.51. The summed E-state index contributed by atoms with van der Waals surface area (Å²) in [6, 6.07) is 0.275. The molecule has 0 aromatic rings. The first-order chi connectivity index (χ1) is 6.75. The maximum absolute atomic E-state index is 11.4. The first kappa shape index (κ1) is 11.3. The van der Waals surface area contributed by atoms with E-state index in [0.717, 1.165) is 32.5 Å². The van der Waals surface area contributed by atoms with Crippen molar-refractivity contribution in [3.63, 3.8) is 0 Å². The van der Waals surface area contributed by atoms with Crippen molar-refractivity contribution in [3.8, 4) is 0 Å². The Balaban J connectivity index is 2.40. The molecule has 0 radical (unpaired) electrons. The summed E-state index contributed by atoms with van der Waals surface area (Å²) in [4.78, 5) is 13.1. The summed E-state index contributed by atoms with van der Waals surface area (Å²) in [6.07, 6.45) is 2.72. The van der Waals surface area contributed by atoms with E-state index in [1.807, 2.05) is 6.92 Å². The highest BCUT2D eigenvalue weighted by Gasteiger charge is 2.21. The van der Waals surface area contributed by atoms with E-state index in [9.17, 15) is 4.79 Å². The van der Waals surface area contributed by atoms with Gasteiger partial charge in [0.15, 0.2) is 0 Å². The lowest BCUT2D eigenvalue weighted by Gasteiger charge is -2.25. The molecule has 1 rings (SSSR count). The first-order valence-corrected chi connectivity index (χ1v) is 5.23. The van der Waals surface area contributed by atoms with Crippen LogP contribution in [0.25, 0.3) is 0 Å². The van der Waals surface area contributed by atoms with Gasteiger partial charge in [0.2, 0.25) is 0 Å². The quantitative estimate of drug-likeness (QED) is 0.681. The van der Waals surface area contributed by atoms with Crippen molar-refractivity contribution in [1.29, 1.82) is 0 Å². The fourth-order valence-electron chi connectivity index (χ4n) is 1.65. The Morgan fingerprint density at radius 1 is 1.50 bits per heavy atom. The zero-order chi connectivity index (χ0) is 10.4. The minimum atomic E-state index is -0.223. The lowest BCUT2D eigenvalue weighted by Crippen LogP contribution is -2.37. The maximum atomic E-state index is 11.4. The standard InChI is InChI=1S/C10H19NO3/c1-3-14-10(12)11(2)9-5-4-7-13-8-6-9/h9H,3-8H2,1-2H3. The van der Waals surface area contributed by atoms with Crippen LogP contribution in [-0.2, 0) is 9.47 Å². The molecule has 0 N–H and O–H groups in total. The monoisotopic (exact) mass is 201 g/mol. The molecule has 1 atom stereocenters. The number of ether oxygens (including phenoxy) is 2. The molecule has 1 amide bonds. The van der Waals surface area contributed by atoms with Gasteiger partial charge in [-0.25, -0.2) is 4.79 Å². The fourth-order valence-corrected chi connectivity index (χ4v) is 1.65. The maximum Gasteiger partial charge on any atom is 0.409 e. The average Bonchev–Trinajstić information content (AvgIpc) is 2.45. The largest absolute Gasteiger partial charge is 0.450 e. The summed E-state index contributed by atoms with van der Waals surface area (Å²) in [5.74, 6) is 0. The molecule has 0 spiro atoms. The van der Waals surface area contributed by atoms with Crippen LogP contribution in [0.2, 0.25) is 0 Å². The van der Waals surface area contributed by atoms with Gasteiger partial charge >= 0.3 is 6.09 Å². The van der Waals surface area contributed by atoms with Crippen molar-refractivity contribution in [2.24, 2.45) is 0 Å². The molecule has 0 aliphatic carbocycles. The number of nitrogens with zero attached hydrogens (tertiary/aromatic N) is 1. The van der Waals surface area contributed by atoms with Crippen LogP contribution < -0.4 is 0 Å². The van der Waals surface area contributed by atoms with Gasteiger partial charge in [0, 0.05) is 26.3 Å². The van der Waals surface area contributed by atoms with Gasteiger partial charge in [0.1, 0.15) is 0 Å². The molecule has 0 bridgehead atoms. The van der Waals surface area contributed by atoms with E-state index in [-0.39, 0.29) is 12.1 Å². The molecular formula is C10H19NO3. The van der Waals surface area contributed by atoms with Gasteiger partial charge in [-0.1, -0.05) is 0 Å². The van der Waals surface area contributed by atoms with Crippen molar-refractivity contribution in [1.82, 2.24) is 4.90 Å². The van der Waals surface area contributed by atoms with Crippen LogP contribution in [0.5, 0.6) is 0 Å². The molecule has 4 heteroatoms. The van der Waals surface area contributed by atoms with Gasteiger partial charge in [-0.05, 0) is 26.2 Å². The smallest absolute Gasteiger partial charge is 0.409 e. The highest BCUT2D eigenvalue weighted by Crippen LogP contribution is 2.14. The van der Waals surface area contributed by atoms with E-state index in [1.165, 1.54) is 0 Å². The van der Waals surface area contributed by atoms with E-state index >= 15 is 0 Å². The molecule has 0 aromatic heterocycles. The van der Waals surface area contributed by atoms with E-state index in [2.05, 4.69) is 0 Å². The summed E-state index contributed by atoms with van der Waals surface area (Å²) < 4.78 is 10.3. The molecule has 0 aromatic carbocycles. The molecule has 14 heavy (non-hydrogen) atoms. The number of carbonyl (C=O) groups is 1. The Labute approximate surface area is 85.2 Å². The van der Waals surface area contributed by atoms with Crippen molar-refractivity contribution in [2.45, 2.75) is 32.2 Å². The van der Waals surface area contributed by atoms with Gasteiger partial charge in [-0.15, -0.1) is 0 Å². The fraction of sp³-hybridized carbons (Fsp3) is 0.900. The highest BCUT2D eigenvalue weighted by molar-refractivity contribution is 5.67. The Morgan fingerprint density at radius 3 is 3.00 bits per heavy atom. The Kier molecular flexibility index (Phi) is 4.73. The van der Waals surface area contributed by atoms with Crippen LogP contribution >= 0.6 is 0 Å². The van der Waals surface area contributed by atoms with Crippen molar-refractivity contribution >= 4 is 6.09 Å². The van der Waals surface area contributed by atoms with Crippen LogP contribution in [0.4, 0.5) is 4.79 Å². The van der Waals surface area contributed by atoms with Gasteiger partial charge < -0.3 is 14.4 Å². The number of hydrogen-bond acceptors (Lipinski definition) is 3. The zero-order valence-electron chi connectivity index (χ0n) is 8.99. The van der Waals surface area contributed by atoms with Crippen molar-refractivity contribution in [3.05, 3.63) is 0 Å². The molecule has 1 fully saturated rings. The normalized spacial score (nSPS) is 22.6. The molecular weight excluding hydrogens is 182 g/mol. The van der Waals surface area contributed by atoms with Gasteiger partial charge in [0.05, 0.1) is 6.61 Å². The lowest BCUT2D eigenvalue weighted by molar-refractivity contribution is 0.0944. The van der Waals surface area contributed by atoms with Crippen LogP contribution in [0.1, 0.15) is 26.2 Å². The summed E-state index contributed by atoms with van der Waals surface area (Å²) in [7, 11) is 1.80. The molecule has 0 saturated carbocycles. The molecule has 1 heterocycles. The number of carbonyl (C=O) groups excluding carboxylic acids is 1. The molecule has 4 nitrogen and oxygen atoms in total. The second-order valence-electron chi connectivity index (χ2n) is 3.51. The molecule has 1 aliphatic rings. The predicted octanol–water partition coefficient (Wildman–Crippen LogP) is 1.64. The lowest BCUT2D eigenvalue weighted by atomic mass is 10.1. The SMILES string of the molecule is CCOC(=O)N(C)C1CCCOCC1. The van der Waals surface area contributed by atoms with Crippen LogP contribution in [-0.4, -0.2) is 43.9 Å². The first-order valence-electron chi connectivity index (χ1n) is 5.23. The van der Waals surface area contributed by atoms with Crippen molar-refractivity contribution < 1.29 is 14.3 Å². The third-order valence-electron chi connectivity index (χ3n) is 2.52. The third-order valence-corrected chi connectivity index (χ3v) is 2.52. The molecule has 1 aliphatic heterocycles. The number of amides is 1. The Bertz CT molecular complexity index is 176. The Morgan fingerprint density at radius 2 is 2.29 bits per heavy atom. The molecule has 82 valence electrons. The second kappa shape index (κ2) is 5.86.